The second-order valence-electron chi connectivity index (χ2n) is 8.35. The minimum Gasteiger partial charge on any atom is -0.496 e. The summed E-state index contributed by atoms with van der Waals surface area (Å²) >= 11 is 6.31. The van der Waals surface area contributed by atoms with E-state index in [0.29, 0.717) is 35.1 Å². The van der Waals surface area contributed by atoms with Crippen LogP contribution >= 0.6 is 11.6 Å². The largest absolute Gasteiger partial charge is 0.496 e. The molecule has 2 fully saturated rings. The molecule has 3 aliphatic rings. The third-order valence-electron chi connectivity index (χ3n) is 6.66. The number of Topliss-reactive ketones (excluding diaryl/α,β-unsaturated/α-hetero) is 1. The zero-order chi connectivity index (χ0) is 21.0. The number of fused-ring (bicyclic) bond motifs is 2. The van der Waals surface area contributed by atoms with Crippen molar-refractivity contribution in [2.24, 2.45) is 11.8 Å². The number of hydrogen-bond acceptors (Lipinski definition) is 5. The van der Waals surface area contributed by atoms with Crippen molar-refractivity contribution in [3.8, 4) is 11.5 Å². The van der Waals surface area contributed by atoms with Crippen LogP contribution in [-0.2, 0) is 4.79 Å². The number of para-hydroxylation sites is 1. The molecule has 3 heterocycles. The van der Waals surface area contributed by atoms with Gasteiger partial charge in [-0.25, -0.2) is 0 Å². The number of amides is 1. The predicted octanol–water partition coefficient (Wildman–Crippen LogP) is 3.10. The van der Waals surface area contributed by atoms with E-state index in [1.165, 1.54) is 7.11 Å². The van der Waals surface area contributed by atoms with Gasteiger partial charge in [0.05, 0.1) is 12.7 Å². The molecule has 0 spiro atoms. The summed E-state index contributed by atoms with van der Waals surface area (Å²) in [6, 6.07) is 12.5. The lowest BCUT2D eigenvalue weighted by atomic mass is 9.63. The van der Waals surface area contributed by atoms with Crippen molar-refractivity contribution in [2.45, 2.75) is 18.1 Å². The van der Waals surface area contributed by atoms with Gasteiger partial charge < -0.3 is 19.7 Å². The van der Waals surface area contributed by atoms with Gasteiger partial charge in [0.15, 0.2) is 11.5 Å². The summed E-state index contributed by atoms with van der Waals surface area (Å²) in [5.74, 6) is -0.682. The van der Waals surface area contributed by atoms with E-state index in [4.69, 9.17) is 21.1 Å². The van der Waals surface area contributed by atoms with Crippen LogP contribution in [-0.4, -0.2) is 49.6 Å². The molecule has 3 aliphatic heterocycles. The van der Waals surface area contributed by atoms with Crippen LogP contribution in [0.1, 0.15) is 28.3 Å². The molecule has 0 aliphatic carbocycles. The minimum absolute atomic E-state index is 0.0661. The lowest BCUT2D eigenvalue weighted by Crippen LogP contribution is -2.72. The van der Waals surface area contributed by atoms with Gasteiger partial charge in [0, 0.05) is 41.9 Å². The number of halogens is 1. The Balaban J connectivity index is 1.67. The lowest BCUT2D eigenvalue weighted by molar-refractivity contribution is -0.157. The molecule has 0 radical (unpaired) electrons. The van der Waals surface area contributed by atoms with Crippen molar-refractivity contribution in [1.82, 2.24) is 10.2 Å². The van der Waals surface area contributed by atoms with Crippen molar-refractivity contribution in [3.63, 3.8) is 0 Å². The Morgan fingerprint density at radius 2 is 2.10 bits per heavy atom. The number of piperidine rings is 2. The minimum atomic E-state index is -0.882. The van der Waals surface area contributed by atoms with E-state index in [0.717, 1.165) is 12.1 Å². The van der Waals surface area contributed by atoms with Gasteiger partial charge in [0.1, 0.15) is 17.4 Å². The first-order chi connectivity index (χ1) is 14.4. The summed E-state index contributed by atoms with van der Waals surface area (Å²) in [7, 11) is 3.58. The van der Waals surface area contributed by atoms with Crippen molar-refractivity contribution in [1.29, 1.82) is 0 Å². The highest BCUT2D eigenvalue weighted by atomic mass is 35.5. The molecular weight excluding hydrogens is 404 g/mol. The smallest absolute Gasteiger partial charge is 0.234 e. The number of hydrogen-bond donors (Lipinski definition) is 1. The first-order valence-electron chi connectivity index (χ1n) is 10.1. The van der Waals surface area contributed by atoms with Gasteiger partial charge in [-0.3, -0.25) is 9.59 Å². The monoisotopic (exact) mass is 426 g/mol. The summed E-state index contributed by atoms with van der Waals surface area (Å²) < 4.78 is 11.8. The average Bonchev–Trinajstić information content (AvgIpc) is 2.74. The average molecular weight is 427 g/mol. The summed E-state index contributed by atoms with van der Waals surface area (Å²) in [5, 5.41) is 3.65. The van der Waals surface area contributed by atoms with E-state index in [-0.39, 0.29) is 23.5 Å². The molecule has 30 heavy (non-hydrogen) atoms. The van der Waals surface area contributed by atoms with Crippen LogP contribution in [0.25, 0.3) is 0 Å². The van der Waals surface area contributed by atoms with E-state index in [1.807, 2.05) is 12.1 Å². The first-order valence-corrected chi connectivity index (χ1v) is 10.5. The second kappa shape index (κ2) is 7.00. The number of carbonyl (C=O) groups is 2. The fourth-order valence-corrected chi connectivity index (χ4v) is 5.45. The van der Waals surface area contributed by atoms with E-state index in [1.54, 1.807) is 30.3 Å². The van der Waals surface area contributed by atoms with Crippen LogP contribution < -0.4 is 14.8 Å². The summed E-state index contributed by atoms with van der Waals surface area (Å²) in [6.45, 7) is 1.52. The van der Waals surface area contributed by atoms with E-state index >= 15 is 0 Å². The van der Waals surface area contributed by atoms with Crippen molar-refractivity contribution in [2.75, 3.05) is 27.2 Å². The molecule has 6 nitrogen and oxygen atoms in total. The van der Waals surface area contributed by atoms with Gasteiger partial charge in [0.25, 0.3) is 0 Å². The molecule has 5 rings (SSSR count). The maximum Gasteiger partial charge on any atom is 0.234 e. The zero-order valence-corrected chi connectivity index (χ0v) is 17.6. The number of nitrogens with one attached hydrogen (secondary N) is 1. The van der Waals surface area contributed by atoms with E-state index < -0.39 is 11.6 Å². The SMILES string of the molecule is COc1ccccc1C(=O)[C@@H]1C(=O)N[C@@]23CCN(C)C[C@@H]2[C@H]1c1cc(Cl)ccc1O3. The van der Waals surface area contributed by atoms with Crippen molar-refractivity contribution in [3.05, 3.63) is 58.6 Å². The van der Waals surface area contributed by atoms with Gasteiger partial charge in [-0.2, -0.15) is 0 Å². The number of ketones is 1. The van der Waals surface area contributed by atoms with Gasteiger partial charge >= 0.3 is 0 Å². The number of ether oxygens (including phenoxy) is 2. The van der Waals surface area contributed by atoms with Crippen LogP contribution in [0, 0.1) is 11.8 Å². The number of benzene rings is 2. The molecule has 2 aromatic carbocycles. The van der Waals surface area contributed by atoms with Gasteiger partial charge in [0.2, 0.25) is 5.91 Å². The van der Waals surface area contributed by atoms with Gasteiger partial charge in [-0.05, 0) is 37.4 Å². The summed E-state index contributed by atoms with van der Waals surface area (Å²) in [6.07, 6.45) is 0.661. The summed E-state index contributed by atoms with van der Waals surface area (Å²) in [5.41, 5.74) is 0.431. The topological polar surface area (TPSA) is 67.9 Å². The fourth-order valence-electron chi connectivity index (χ4n) is 5.27. The number of nitrogens with zero attached hydrogens (tertiary/aromatic N) is 1. The Morgan fingerprint density at radius 3 is 2.90 bits per heavy atom. The van der Waals surface area contributed by atoms with Crippen LogP contribution in [0.3, 0.4) is 0 Å². The number of likely N-dealkylation sites (tertiary alicyclic amines) is 1. The quantitative estimate of drug-likeness (QED) is 0.603. The van der Waals surface area contributed by atoms with E-state index in [9.17, 15) is 9.59 Å². The Hall–Kier alpha value is -2.57. The van der Waals surface area contributed by atoms with Crippen LogP contribution in [0.5, 0.6) is 11.5 Å². The molecule has 1 amide bonds. The Kier molecular flexibility index (Phi) is 4.52. The first kappa shape index (κ1) is 19.4. The molecule has 1 N–H and O–H groups in total. The molecule has 4 atom stereocenters. The van der Waals surface area contributed by atoms with Crippen LogP contribution in [0.2, 0.25) is 5.02 Å². The van der Waals surface area contributed by atoms with Crippen molar-refractivity contribution < 1.29 is 19.1 Å². The predicted molar refractivity (Wildman–Crippen MR) is 112 cm³/mol. The number of rotatable bonds is 3. The third kappa shape index (κ3) is 2.81. The molecule has 2 bridgehead atoms. The summed E-state index contributed by atoms with van der Waals surface area (Å²) in [4.78, 5) is 29.3. The van der Waals surface area contributed by atoms with E-state index in [2.05, 4.69) is 17.3 Å². The van der Waals surface area contributed by atoms with Crippen LogP contribution in [0.15, 0.2) is 42.5 Å². The highest BCUT2D eigenvalue weighted by Crippen LogP contribution is 2.54. The van der Waals surface area contributed by atoms with Gasteiger partial charge in [-0.15, -0.1) is 0 Å². The van der Waals surface area contributed by atoms with Crippen molar-refractivity contribution >= 4 is 23.3 Å². The third-order valence-corrected chi connectivity index (χ3v) is 6.90. The highest BCUT2D eigenvalue weighted by Gasteiger charge is 2.61. The molecule has 7 heteroatoms. The molecular formula is C23H23ClN2O4. The normalized spacial score (nSPS) is 29.8. The van der Waals surface area contributed by atoms with Gasteiger partial charge in [-0.1, -0.05) is 23.7 Å². The lowest BCUT2D eigenvalue weighted by Gasteiger charge is -2.57. The number of carbonyl (C=O) groups excluding carboxylic acids is 2. The molecule has 0 saturated carbocycles. The second-order valence-corrected chi connectivity index (χ2v) is 8.79. The number of methoxy groups -OCH3 is 1. The standard InChI is InChI=1S/C23H23ClN2O4/c1-26-10-9-23-16(12-26)19(15-11-13(24)7-8-18(15)30-23)20(22(28)25-23)21(27)14-5-3-4-6-17(14)29-2/h3-8,11,16,19-20H,9-10,12H2,1-2H3,(H,25,28)/t16-,19-,20-,23-/m1/s1. The molecule has 0 unspecified atom stereocenters. The maximum atomic E-state index is 13.7. The highest BCUT2D eigenvalue weighted by molar-refractivity contribution is 6.30. The fraction of sp³-hybridized carbons (Fsp3) is 0.391. The zero-order valence-electron chi connectivity index (χ0n) is 16.9. The molecule has 2 aromatic rings. The Bertz CT molecular complexity index is 1040. The maximum absolute atomic E-state index is 13.7. The Morgan fingerprint density at radius 1 is 1.30 bits per heavy atom. The molecule has 2 saturated heterocycles. The Labute approximate surface area is 180 Å². The molecule has 0 aromatic heterocycles. The molecule has 156 valence electrons. The van der Waals surface area contributed by atoms with Crippen LogP contribution in [0.4, 0.5) is 0 Å².